The van der Waals surface area contributed by atoms with Gasteiger partial charge >= 0.3 is 5.97 Å². The molecular formula is C14H10BrNO4. The normalized spacial score (nSPS) is 10.1. The van der Waals surface area contributed by atoms with E-state index in [2.05, 4.69) is 21.2 Å². The highest BCUT2D eigenvalue weighted by Gasteiger charge is 2.15. The number of aromatic carboxylic acids is 1. The van der Waals surface area contributed by atoms with Crippen LogP contribution in [0, 0.1) is 0 Å². The number of rotatable bonds is 3. The number of carbonyl (C=O) groups is 2. The first kappa shape index (κ1) is 14.1. The second kappa shape index (κ2) is 5.75. The predicted molar refractivity (Wildman–Crippen MR) is 77.2 cm³/mol. The van der Waals surface area contributed by atoms with Gasteiger partial charge in [0.15, 0.2) is 0 Å². The summed E-state index contributed by atoms with van der Waals surface area (Å²) in [4.78, 5) is 23.2. The lowest BCUT2D eigenvalue weighted by Gasteiger charge is -2.10. The molecule has 0 spiro atoms. The van der Waals surface area contributed by atoms with Crippen molar-refractivity contribution in [1.82, 2.24) is 0 Å². The summed E-state index contributed by atoms with van der Waals surface area (Å²) in [5.41, 5.74) is 0.314. The van der Waals surface area contributed by atoms with Gasteiger partial charge in [0.25, 0.3) is 5.91 Å². The second-order valence-corrected chi connectivity index (χ2v) is 4.82. The van der Waals surface area contributed by atoms with Gasteiger partial charge in [-0.1, -0.05) is 12.1 Å². The number of nitrogens with one attached hydrogen (secondary N) is 1. The number of carbonyl (C=O) groups excluding carboxylic acids is 1. The molecule has 1 amide bonds. The van der Waals surface area contributed by atoms with E-state index in [4.69, 9.17) is 5.11 Å². The van der Waals surface area contributed by atoms with Gasteiger partial charge in [0.2, 0.25) is 0 Å². The van der Waals surface area contributed by atoms with Gasteiger partial charge in [0, 0.05) is 10.5 Å². The Balaban J connectivity index is 2.35. The smallest absolute Gasteiger partial charge is 0.337 e. The number of phenols is 1. The molecule has 0 fully saturated rings. The van der Waals surface area contributed by atoms with E-state index < -0.39 is 11.9 Å². The lowest BCUT2D eigenvalue weighted by Crippen LogP contribution is -2.15. The molecule has 0 radical (unpaired) electrons. The van der Waals surface area contributed by atoms with Crippen molar-refractivity contribution >= 4 is 33.5 Å². The van der Waals surface area contributed by atoms with Crippen LogP contribution >= 0.6 is 15.9 Å². The first-order valence-corrected chi connectivity index (χ1v) is 6.40. The number of halogens is 1. The highest BCUT2D eigenvalue weighted by Crippen LogP contribution is 2.24. The van der Waals surface area contributed by atoms with Gasteiger partial charge in [-0.3, -0.25) is 4.79 Å². The number of anilines is 1. The fourth-order valence-corrected chi connectivity index (χ4v) is 2.12. The van der Waals surface area contributed by atoms with Gasteiger partial charge in [-0.05, 0) is 40.2 Å². The molecule has 0 saturated carbocycles. The minimum atomic E-state index is -1.19. The first-order chi connectivity index (χ1) is 9.49. The third-order valence-corrected chi connectivity index (χ3v) is 3.29. The lowest BCUT2D eigenvalue weighted by molar-refractivity contribution is 0.0698. The van der Waals surface area contributed by atoms with E-state index in [-0.39, 0.29) is 17.0 Å². The van der Waals surface area contributed by atoms with Crippen LogP contribution in [0.1, 0.15) is 20.7 Å². The molecule has 0 heterocycles. The Morgan fingerprint density at radius 3 is 2.40 bits per heavy atom. The summed E-state index contributed by atoms with van der Waals surface area (Å²) in [5.74, 6) is -1.78. The molecule has 2 rings (SSSR count). The Labute approximate surface area is 123 Å². The maximum absolute atomic E-state index is 12.1. The maximum Gasteiger partial charge on any atom is 0.337 e. The molecule has 3 N–H and O–H groups in total. The van der Waals surface area contributed by atoms with Crippen LogP contribution in [0.2, 0.25) is 0 Å². The van der Waals surface area contributed by atoms with Crippen molar-refractivity contribution in [1.29, 1.82) is 0 Å². The molecule has 0 aliphatic rings. The van der Waals surface area contributed by atoms with Crippen LogP contribution in [-0.2, 0) is 0 Å². The van der Waals surface area contributed by atoms with Gasteiger partial charge in [0.05, 0.1) is 16.8 Å². The number of carboxylic acids is 1. The number of carboxylic acid groups (broad SMARTS) is 1. The summed E-state index contributed by atoms with van der Waals surface area (Å²) in [6, 6.07) is 10.4. The predicted octanol–water partition coefficient (Wildman–Crippen LogP) is 3.11. The number of hydrogen-bond donors (Lipinski definition) is 3. The first-order valence-electron chi connectivity index (χ1n) is 5.61. The minimum absolute atomic E-state index is 0.0400. The minimum Gasteiger partial charge on any atom is -0.508 e. The van der Waals surface area contributed by atoms with E-state index in [0.717, 1.165) is 0 Å². The molecule has 20 heavy (non-hydrogen) atoms. The van der Waals surface area contributed by atoms with Gasteiger partial charge in [-0.2, -0.15) is 0 Å². The molecule has 2 aromatic carbocycles. The van der Waals surface area contributed by atoms with E-state index in [1.54, 1.807) is 24.3 Å². The van der Waals surface area contributed by atoms with Crippen molar-refractivity contribution < 1.29 is 19.8 Å². The van der Waals surface area contributed by atoms with Crippen LogP contribution in [0.5, 0.6) is 5.75 Å². The highest BCUT2D eigenvalue weighted by molar-refractivity contribution is 9.10. The van der Waals surface area contributed by atoms with Gasteiger partial charge in [-0.15, -0.1) is 0 Å². The summed E-state index contributed by atoms with van der Waals surface area (Å²) in [6.07, 6.45) is 0. The molecule has 2 aromatic rings. The van der Waals surface area contributed by atoms with E-state index in [0.29, 0.717) is 10.0 Å². The van der Waals surface area contributed by atoms with Crippen molar-refractivity contribution in [3.63, 3.8) is 0 Å². The Morgan fingerprint density at radius 2 is 1.75 bits per heavy atom. The zero-order valence-electron chi connectivity index (χ0n) is 10.1. The summed E-state index contributed by atoms with van der Waals surface area (Å²) in [7, 11) is 0. The zero-order valence-corrected chi connectivity index (χ0v) is 11.7. The molecule has 0 unspecified atom stereocenters. The third kappa shape index (κ3) is 2.97. The summed E-state index contributed by atoms with van der Waals surface area (Å²) in [6.45, 7) is 0. The zero-order chi connectivity index (χ0) is 14.7. The molecule has 5 nitrogen and oxygen atoms in total. The lowest BCUT2D eigenvalue weighted by atomic mass is 10.1. The van der Waals surface area contributed by atoms with E-state index in [1.165, 1.54) is 18.2 Å². The number of aromatic hydroxyl groups is 1. The number of benzene rings is 2. The molecule has 6 heteroatoms. The van der Waals surface area contributed by atoms with Crippen LogP contribution < -0.4 is 5.32 Å². The van der Waals surface area contributed by atoms with Crippen LogP contribution in [0.15, 0.2) is 46.9 Å². The number of phenolic OH excluding ortho intramolecular Hbond substituents is 1. The summed E-state index contributed by atoms with van der Waals surface area (Å²) >= 11 is 3.25. The van der Waals surface area contributed by atoms with Crippen molar-refractivity contribution in [2.24, 2.45) is 0 Å². The van der Waals surface area contributed by atoms with Gasteiger partial charge in [-0.25, -0.2) is 4.79 Å². The largest absolute Gasteiger partial charge is 0.508 e. The van der Waals surface area contributed by atoms with Crippen molar-refractivity contribution in [2.75, 3.05) is 5.32 Å². The monoisotopic (exact) mass is 335 g/mol. The Hall–Kier alpha value is -2.34. The number of amides is 1. The van der Waals surface area contributed by atoms with Crippen LogP contribution in [0.3, 0.4) is 0 Å². The Kier molecular flexibility index (Phi) is 4.05. The third-order valence-electron chi connectivity index (χ3n) is 2.60. The standard InChI is InChI=1S/C14H10BrNO4/c15-11-4-2-1-3-9(11)13(18)16-12-7-8(17)5-6-10(12)14(19)20/h1-7,17H,(H,16,18)(H,19,20). The van der Waals surface area contributed by atoms with Crippen molar-refractivity contribution in [3.05, 3.63) is 58.1 Å². The molecule has 0 aliphatic carbocycles. The molecule has 0 saturated heterocycles. The topological polar surface area (TPSA) is 86.6 Å². The summed E-state index contributed by atoms with van der Waals surface area (Å²) in [5, 5.41) is 20.9. The van der Waals surface area contributed by atoms with Gasteiger partial charge < -0.3 is 15.5 Å². The molecule has 0 bridgehead atoms. The van der Waals surface area contributed by atoms with Gasteiger partial charge in [0.1, 0.15) is 5.75 Å². The fraction of sp³-hybridized carbons (Fsp3) is 0. The van der Waals surface area contributed by atoms with Crippen LogP contribution in [-0.4, -0.2) is 22.1 Å². The average Bonchev–Trinajstić information content (AvgIpc) is 2.38. The van der Waals surface area contributed by atoms with E-state index >= 15 is 0 Å². The second-order valence-electron chi connectivity index (χ2n) is 3.97. The molecule has 102 valence electrons. The van der Waals surface area contributed by atoms with Crippen molar-refractivity contribution in [3.8, 4) is 5.75 Å². The Bertz CT molecular complexity index is 685. The SMILES string of the molecule is O=C(Nc1cc(O)ccc1C(=O)O)c1ccccc1Br. The maximum atomic E-state index is 12.1. The van der Waals surface area contributed by atoms with E-state index in [9.17, 15) is 14.7 Å². The molecule has 0 atom stereocenters. The molecule has 0 aromatic heterocycles. The Morgan fingerprint density at radius 1 is 1.05 bits per heavy atom. The average molecular weight is 336 g/mol. The van der Waals surface area contributed by atoms with Crippen molar-refractivity contribution in [2.45, 2.75) is 0 Å². The molecule has 0 aliphatic heterocycles. The number of hydrogen-bond acceptors (Lipinski definition) is 3. The molecular weight excluding hydrogens is 326 g/mol. The fourth-order valence-electron chi connectivity index (χ4n) is 1.66. The quantitative estimate of drug-likeness (QED) is 0.804. The van der Waals surface area contributed by atoms with E-state index in [1.807, 2.05) is 0 Å². The van der Waals surface area contributed by atoms with Crippen LogP contribution in [0.4, 0.5) is 5.69 Å². The highest BCUT2D eigenvalue weighted by atomic mass is 79.9. The van der Waals surface area contributed by atoms with Crippen LogP contribution in [0.25, 0.3) is 0 Å². The summed E-state index contributed by atoms with van der Waals surface area (Å²) < 4.78 is 0.592.